The molecule has 3 aromatic rings. The first-order valence-electron chi connectivity index (χ1n) is 9.61. The fourth-order valence-corrected chi connectivity index (χ4v) is 4.35. The Hall–Kier alpha value is -2.51. The number of thiophene rings is 1. The number of aryl methyl sites for hydroxylation is 2. The monoisotopic (exact) mass is 396 g/mol. The Morgan fingerprint density at radius 1 is 1.14 bits per heavy atom. The molecule has 146 valence electrons. The molecule has 7 heteroatoms. The molecule has 3 heterocycles. The van der Waals surface area contributed by atoms with Crippen LogP contribution in [0.4, 0.5) is 0 Å². The van der Waals surface area contributed by atoms with Crippen LogP contribution in [0.25, 0.3) is 11.4 Å². The number of amides is 1. The van der Waals surface area contributed by atoms with Gasteiger partial charge in [0.05, 0.1) is 11.4 Å². The normalized spacial score (nSPS) is 15.1. The maximum absolute atomic E-state index is 12.8. The summed E-state index contributed by atoms with van der Waals surface area (Å²) in [6.07, 6.45) is 0.894. The highest BCUT2D eigenvalue weighted by Crippen LogP contribution is 2.21. The Bertz CT molecular complexity index is 939. The first kappa shape index (κ1) is 18.8. The highest BCUT2D eigenvalue weighted by Gasteiger charge is 2.25. The van der Waals surface area contributed by atoms with Crippen molar-refractivity contribution in [1.82, 2.24) is 19.9 Å². The van der Waals surface area contributed by atoms with Crippen molar-refractivity contribution in [2.24, 2.45) is 0 Å². The fourth-order valence-electron chi connectivity index (χ4n) is 3.38. The lowest BCUT2D eigenvalue weighted by atomic mass is 10.1. The lowest BCUT2D eigenvalue weighted by Crippen LogP contribution is -2.48. The molecule has 1 fully saturated rings. The molecule has 0 bridgehead atoms. The lowest BCUT2D eigenvalue weighted by molar-refractivity contribution is 0.0619. The standard InChI is InChI=1S/C21H24N4O2S/c1-3-16-8-13-28-19(16)21(26)25-11-9-24(10-12-25)14-18-22-20(23-27-18)17-6-4-15(2)5-7-17/h4-8,13H,3,9-12,14H2,1-2H3. The van der Waals surface area contributed by atoms with Crippen molar-refractivity contribution >= 4 is 17.2 Å². The number of hydrogen-bond donors (Lipinski definition) is 0. The molecule has 1 aliphatic rings. The summed E-state index contributed by atoms with van der Waals surface area (Å²) < 4.78 is 5.43. The molecule has 2 aromatic heterocycles. The molecule has 0 N–H and O–H groups in total. The zero-order chi connectivity index (χ0) is 19.5. The first-order chi connectivity index (χ1) is 13.6. The van der Waals surface area contributed by atoms with Gasteiger partial charge in [0.2, 0.25) is 11.7 Å². The number of rotatable bonds is 5. The van der Waals surface area contributed by atoms with Crippen molar-refractivity contribution in [1.29, 1.82) is 0 Å². The Morgan fingerprint density at radius 3 is 2.61 bits per heavy atom. The minimum atomic E-state index is 0.158. The van der Waals surface area contributed by atoms with E-state index in [9.17, 15) is 4.79 Å². The first-order valence-corrected chi connectivity index (χ1v) is 10.5. The molecule has 0 radical (unpaired) electrons. The van der Waals surface area contributed by atoms with E-state index in [0.29, 0.717) is 18.3 Å². The summed E-state index contributed by atoms with van der Waals surface area (Å²) in [5.41, 5.74) is 3.30. The molecule has 0 atom stereocenters. The van der Waals surface area contributed by atoms with Crippen LogP contribution in [0.5, 0.6) is 0 Å². The van der Waals surface area contributed by atoms with Crippen LogP contribution < -0.4 is 0 Å². The van der Waals surface area contributed by atoms with Crippen molar-refractivity contribution < 1.29 is 9.32 Å². The van der Waals surface area contributed by atoms with Gasteiger partial charge in [0.15, 0.2) is 0 Å². The van der Waals surface area contributed by atoms with Gasteiger partial charge in [-0.15, -0.1) is 11.3 Å². The topological polar surface area (TPSA) is 62.5 Å². The fraction of sp³-hybridized carbons (Fsp3) is 0.381. The predicted molar refractivity (Wildman–Crippen MR) is 109 cm³/mol. The van der Waals surface area contributed by atoms with E-state index in [1.54, 1.807) is 11.3 Å². The van der Waals surface area contributed by atoms with Crippen LogP contribution in [0.2, 0.25) is 0 Å². The van der Waals surface area contributed by atoms with E-state index in [1.165, 1.54) is 5.56 Å². The molecule has 0 saturated carbocycles. The molecule has 1 amide bonds. The summed E-state index contributed by atoms with van der Waals surface area (Å²) in [6, 6.07) is 10.1. The van der Waals surface area contributed by atoms with Crippen LogP contribution in [0.15, 0.2) is 40.2 Å². The van der Waals surface area contributed by atoms with Gasteiger partial charge in [-0.2, -0.15) is 4.98 Å². The molecule has 1 aliphatic heterocycles. The van der Waals surface area contributed by atoms with Gasteiger partial charge >= 0.3 is 0 Å². The minimum absolute atomic E-state index is 0.158. The van der Waals surface area contributed by atoms with Gasteiger partial charge in [0.1, 0.15) is 0 Å². The highest BCUT2D eigenvalue weighted by atomic mass is 32.1. The van der Waals surface area contributed by atoms with Crippen molar-refractivity contribution in [2.45, 2.75) is 26.8 Å². The summed E-state index contributed by atoms with van der Waals surface area (Å²) in [5, 5.41) is 6.11. The number of aromatic nitrogens is 2. The highest BCUT2D eigenvalue weighted by molar-refractivity contribution is 7.12. The molecule has 0 aliphatic carbocycles. The SMILES string of the molecule is CCc1ccsc1C(=O)N1CCN(Cc2nc(-c3ccc(C)cc3)no2)CC1. The van der Waals surface area contributed by atoms with E-state index in [4.69, 9.17) is 4.52 Å². The lowest BCUT2D eigenvalue weighted by Gasteiger charge is -2.33. The Morgan fingerprint density at radius 2 is 1.89 bits per heavy atom. The van der Waals surface area contributed by atoms with E-state index < -0.39 is 0 Å². The summed E-state index contributed by atoms with van der Waals surface area (Å²) in [4.78, 5) is 22.4. The minimum Gasteiger partial charge on any atom is -0.338 e. The van der Waals surface area contributed by atoms with Gasteiger partial charge in [0, 0.05) is 31.7 Å². The molecule has 1 saturated heterocycles. The van der Waals surface area contributed by atoms with E-state index in [0.717, 1.165) is 48.6 Å². The number of carbonyl (C=O) groups excluding carboxylic acids is 1. The van der Waals surface area contributed by atoms with Crippen molar-refractivity contribution in [3.05, 3.63) is 57.6 Å². The molecule has 1 aromatic carbocycles. The third-order valence-corrected chi connectivity index (χ3v) is 6.06. The van der Waals surface area contributed by atoms with Crippen LogP contribution in [-0.4, -0.2) is 52.0 Å². The zero-order valence-corrected chi connectivity index (χ0v) is 17.0. The number of nitrogens with zero attached hydrogens (tertiary/aromatic N) is 4. The summed E-state index contributed by atoms with van der Waals surface area (Å²) in [6.45, 7) is 7.81. The zero-order valence-electron chi connectivity index (χ0n) is 16.2. The summed E-state index contributed by atoms with van der Waals surface area (Å²) in [7, 11) is 0. The molecule has 0 spiro atoms. The van der Waals surface area contributed by atoms with Gasteiger partial charge in [-0.25, -0.2) is 0 Å². The van der Waals surface area contributed by atoms with E-state index in [1.807, 2.05) is 34.5 Å². The van der Waals surface area contributed by atoms with Crippen LogP contribution in [0.1, 0.15) is 33.6 Å². The van der Waals surface area contributed by atoms with Gasteiger partial charge in [-0.3, -0.25) is 9.69 Å². The third kappa shape index (κ3) is 4.00. The number of benzene rings is 1. The number of carbonyl (C=O) groups is 1. The van der Waals surface area contributed by atoms with Crippen molar-refractivity contribution in [2.75, 3.05) is 26.2 Å². The molecule has 28 heavy (non-hydrogen) atoms. The van der Waals surface area contributed by atoms with Crippen molar-refractivity contribution in [3.8, 4) is 11.4 Å². The van der Waals surface area contributed by atoms with Crippen LogP contribution in [0.3, 0.4) is 0 Å². The van der Waals surface area contributed by atoms with Gasteiger partial charge in [0.25, 0.3) is 5.91 Å². The van der Waals surface area contributed by atoms with Crippen LogP contribution >= 0.6 is 11.3 Å². The van der Waals surface area contributed by atoms with Crippen LogP contribution in [0, 0.1) is 6.92 Å². The van der Waals surface area contributed by atoms with E-state index in [-0.39, 0.29) is 5.91 Å². The molecule has 0 unspecified atom stereocenters. The predicted octanol–water partition coefficient (Wildman–Crippen LogP) is 3.63. The van der Waals surface area contributed by atoms with E-state index in [2.05, 4.69) is 35.0 Å². The second-order valence-electron chi connectivity index (χ2n) is 7.07. The second kappa shape index (κ2) is 8.24. The smallest absolute Gasteiger partial charge is 0.264 e. The van der Waals surface area contributed by atoms with Gasteiger partial charge in [-0.05, 0) is 30.4 Å². The van der Waals surface area contributed by atoms with Gasteiger partial charge in [-0.1, -0.05) is 41.9 Å². The van der Waals surface area contributed by atoms with Gasteiger partial charge < -0.3 is 9.42 Å². The summed E-state index contributed by atoms with van der Waals surface area (Å²) in [5.74, 6) is 1.39. The maximum Gasteiger partial charge on any atom is 0.264 e. The Balaban J connectivity index is 1.33. The quantitative estimate of drug-likeness (QED) is 0.659. The average Bonchev–Trinajstić information content (AvgIpc) is 3.38. The van der Waals surface area contributed by atoms with Crippen molar-refractivity contribution in [3.63, 3.8) is 0 Å². The summed E-state index contributed by atoms with van der Waals surface area (Å²) >= 11 is 1.54. The molecule has 4 rings (SSSR count). The Labute approximate surface area is 168 Å². The number of hydrogen-bond acceptors (Lipinski definition) is 6. The maximum atomic E-state index is 12.8. The molecular weight excluding hydrogens is 372 g/mol. The Kier molecular flexibility index (Phi) is 5.54. The van der Waals surface area contributed by atoms with Crippen LogP contribution in [-0.2, 0) is 13.0 Å². The molecule has 6 nitrogen and oxygen atoms in total. The largest absolute Gasteiger partial charge is 0.338 e. The number of piperazine rings is 1. The van der Waals surface area contributed by atoms with E-state index >= 15 is 0 Å². The third-order valence-electron chi connectivity index (χ3n) is 5.12. The second-order valence-corrected chi connectivity index (χ2v) is 7.99. The average molecular weight is 397 g/mol. The molecular formula is C21H24N4O2S.